The predicted molar refractivity (Wildman–Crippen MR) is 163 cm³/mol. The fourth-order valence-corrected chi connectivity index (χ4v) is 6.86. The largest absolute Gasteiger partial charge is 0.496 e. The number of nitrogens with one attached hydrogen (secondary N) is 1. The van der Waals surface area contributed by atoms with Crippen molar-refractivity contribution in [2.24, 2.45) is 5.92 Å². The van der Waals surface area contributed by atoms with E-state index in [0.29, 0.717) is 33.0 Å². The molecule has 0 saturated heterocycles. The Morgan fingerprint density at radius 2 is 1.85 bits per heavy atom. The Hall–Kier alpha value is -3.25. The maximum atomic E-state index is 13.2. The number of ether oxygens (including phenoxy) is 2. The van der Waals surface area contributed by atoms with Gasteiger partial charge in [-0.2, -0.15) is 0 Å². The van der Waals surface area contributed by atoms with E-state index in [9.17, 15) is 18.7 Å². The summed E-state index contributed by atoms with van der Waals surface area (Å²) >= 11 is 1.35. The molecule has 3 aromatic rings. The van der Waals surface area contributed by atoms with Crippen molar-refractivity contribution in [1.29, 1.82) is 0 Å². The molecule has 1 aromatic heterocycles. The van der Waals surface area contributed by atoms with E-state index in [2.05, 4.69) is 5.32 Å². The Labute approximate surface area is 242 Å². The number of carbonyl (C=O) groups excluding carboxylic acids is 2. The minimum Gasteiger partial charge on any atom is -0.496 e. The Morgan fingerprint density at radius 1 is 1.15 bits per heavy atom. The van der Waals surface area contributed by atoms with Crippen molar-refractivity contribution >= 4 is 45.5 Å². The summed E-state index contributed by atoms with van der Waals surface area (Å²) < 4.78 is 37.7. The van der Waals surface area contributed by atoms with Gasteiger partial charge in [0.2, 0.25) is 0 Å². The Kier molecular flexibility index (Phi) is 8.41. The quantitative estimate of drug-likeness (QED) is 0.224. The zero-order chi connectivity index (χ0) is 29.4. The van der Waals surface area contributed by atoms with Crippen LogP contribution in [0.4, 0.5) is 11.4 Å². The molecule has 1 aliphatic heterocycles. The minimum atomic E-state index is -3.29. The lowest BCUT2D eigenvalue weighted by Gasteiger charge is -2.39. The number of hydrogen-bond acceptors (Lipinski definition) is 9. The van der Waals surface area contributed by atoms with Crippen LogP contribution in [0.15, 0.2) is 42.5 Å². The third-order valence-electron chi connectivity index (χ3n) is 6.44. The second-order valence-electron chi connectivity index (χ2n) is 10.7. The Bertz CT molecular complexity index is 1440. The zero-order valence-corrected chi connectivity index (χ0v) is 25.4. The monoisotopic (exact) mass is 590 g/mol. The van der Waals surface area contributed by atoms with Gasteiger partial charge in [0.25, 0.3) is 5.91 Å². The highest BCUT2D eigenvalue weighted by molar-refractivity contribution is 8.20. The third-order valence-corrected chi connectivity index (χ3v) is 8.98. The normalized spacial score (nSPS) is 14.9. The number of nitrogens with zero attached hydrogens (tertiary/aromatic N) is 1. The molecule has 2 aromatic carbocycles. The summed E-state index contributed by atoms with van der Waals surface area (Å²) in [7, 11) is -0.0791. The summed E-state index contributed by atoms with van der Waals surface area (Å²) in [6.45, 7) is 9.21. The molecule has 1 aliphatic rings. The molecule has 2 heterocycles. The Morgan fingerprint density at radius 3 is 2.48 bits per heavy atom. The first kappa shape index (κ1) is 29.7. The molecule has 0 aliphatic carbocycles. The smallest absolute Gasteiger partial charge is 0.348 e. The lowest BCUT2D eigenvalue weighted by atomic mass is 9.92. The zero-order valence-electron chi connectivity index (χ0n) is 23.7. The lowest BCUT2D eigenvalue weighted by Crippen LogP contribution is -2.52. The van der Waals surface area contributed by atoms with E-state index in [-0.39, 0.29) is 31.4 Å². The summed E-state index contributed by atoms with van der Waals surface area (Å²) in [5.74, 6) is 0.205. The number of fused-ring (bicyclic) bond motifs is 1. The lowest BCUT2D eigenvalue weighted by molar-refractivity contribution is -0.121. The van der Waals surface area contributed by atoms with Gasteiger partial charge in [-0.25, -0.2) is 4.79 Å². The molecule has 0 radical (unpaired) electrons. The number of anilines is 2. The van der Waals surface area contributed by atoms with Crippen LogP contribution in [0.25, 0.3) is 11.1 Å². The number of thiophene rings is 1. The van der Waals surface area contributed by atoms with Crippen LogP contribution in [-0.2, 0) is 16.1 Å². The van der Waals surface area contributed by atoms with Crippen LogP contribution in [0.5, 0.6) is 11.5 Å². The molecule has 40 heavy (non-hydrogen) atoms. The molecule has 0 unspecified atom stereocenters. The van der Waals surface area contributed by atoms with E-state index in [4.69, 9.17) is 13.7 Å². The van der Waals surface area contributed by atoms with Crippen molar-refractivity contribution in [1.82, 2.24) is 0 Å². The first-order valence-corrected chi connectivity index (χ1v) is 15.3. The first-order valence-electron chi connectivity index (χ1n) is 12.8. The van der Waals surface area contributed by atoms with E-state index < -0.39 is 22.4 Å². The third kappa shape index (κ3) is 6.22. The van der Waals surface area contributed by atoms with Gasteiger partial charge in [-0.3, -0.25) is 13.9 Å². The van der Waals surface area contributed by atoms with E-state index in [1.54, 1.807) is 36.2 Å². The van der Waals surface area contributed by atoms with Gasteiger partial charge in [0.1, 0.15) is 39.4 Å². The maximum Gasteiger partial charge on any atom is 0.348 e. The first-order chi connectivity index (χ1) is 18.7. The van der Waals surface area contributed by atoms with E-state index in [0.717, 1.165) is 10.6 Å². The SMILES string of the molecule is COc1cc(OS(O)(O)CC(C)C)ccc1-c1ccc2c(c1COC(=O)c1ccc(C)s1)N(C)C(=O)C(C)(C)N2.[HH]. The topological polar surface area (TPSA) is 118 Å². The number of carbonyl (C=O) groups is 2. The minimum absolute atomic E-state index is 0. The molecule has 9 nitrogen and oxygen atoms in total. The van der Waals surface area contributed by atoms with Gasteiger partial charge >= 0.3 is 5.97 Å². The van der Waals surface area contributed by atoms with Gasteiger partial charge in [-0.1, -0.05) is 19.9 Å². The molecule has 1 amide bonds. The fourth-order valence-electron chi connectivity index (χ4n) is 4.75. The van der Waals surface area contributed by atoms with Crippen LogP contribution in [0, 0.1) is 12.8 Å². The number of methoxy groups -OCH3 is 1. The van der Waals surface area contributed by atoms with Crippen LogP contribution >= 0.6 is 22.2 Å². The van der Waals surface area contributed by atoms with Crippen molar-refractivity contribution in [2.75, 3.05) is 30.1 Å². The Balaban J connectivity index is 0.00000462. The number of amides is 1. The molecule has 0 bridgehead atoms. The van der Waals surface area contributed by atoms with Crippen LogP contribution in [-0.4, -0.2) is 46.4 Å². The average molecular weight is 591 g/mol. The highest BCUT2D eigenvalue weighted by Crippen LogP contribution is 2.47. The van der Waals surface area contributed by atoms with E-state index >= 15 is 0 Å². The van der Waals surface area contributed by atoms with E-state index in [1.807, 2.05) is 52.8 Å². The number of hydrogen-bond donors (Lipinski definition) is 3. The number of esters is 1. The molecule has 0 atom stereocenters. The molecule has 11 heteroatoms. The van der Waals surface area contributed by atoms with Crippen LogP contribution in [0.1, 0.15) is 49.2 Å². The molecule has 218 valence electrons. The molecule has 0 spiro atoms. The summed E-state index contributed by atoms with van der Waals surface area (Å²) in [5, 5.41) is 3.30. The standard InChI is InChI=1S/C29H36N2O7S2.H2/c1-17(2)16-40(34,35)38-19-9-10-21(24(14-19)36-7)20-11-12-23-26(31(6)28(33)29(4,5)30-23)22(20)15-37-27(32)25-13-8-18(3)39-25;/h8-14,17,30,34-35H,15-16H2,1-7H3;1H. The predicted octanol–water partition coefficient (Wildman–Crippen LogP) is 7.20. The summed E-state index contributed by atoms with van der Waals surface area (Å²) in [6, 6.07) is 12.3. The van der Waals surface area contributed by atoms with Gasteiger partial charge in [0.15, 0.2) is 0 Å². The maximum absolute atomic E-state index is 13.2. The van der Waals surface area contributed by atoms with Gasteiger partial charge in [-0.05, 0) is 62.6 Å². The molecule has 3 N–H and O–H groups in total. The van der Waals surface area contributed by atoms with Crippen molar-refractivity contribution in [3.8, 4) is 22.6 Å². The van der Waals surface area contributed by atoms with Crippen LogP contribution in [0.2, 0.25) is 0 Å². The number of likely N-dealkylation sites (N-methyl/N-ethyl adjacent to an activating group) is 1. The number of benzene rings is 2. The van der Waals surface area contributed by atoms with Gasteiger partial charge in [0.05, 0.1) is 24.2 Å². The van der Waals surface area contributed by atoms with Gasteiger partial charge in [0, 0.05) is 30.5 Å². The van der Waals surface area contributed by atoms with Gasteiger partial charge in [-0.15, -0.1) is 11.3 Å². The van der Waals surface area contributed by atoms with Crippen molar-refractivity contribution in [2.45, 2.75) is 46.8 Å². The highest BCUT2D eigenvalue weighted by Gasteiger charge is 2.39. The summed E-state index contributed by atoms with van der Waals surface area (Å²) in [6.07, 6.45) is 0. The van der Waals surface area contributed by atoms with Crippen molar-refractivity contribution in [3.05, 3.63) is 57.8 Å². The summed E-state index contributed by atoms with van der Waals surface area (Å²) in [5.41, 5.74) is 2.48. The van der Waals surface area contributed by atoms with Crippen molar-refractivity contribution in [3.63, 3.8) is 0 Å². The second-order valence-corrected chi connectivity index (χ2v) is 13.7. The number of rotatable bonds is 9. The van der Waals surface area contributed by atoms with Gasteiger partial charge < -0.3 is 23.9 Å². The number of aryl methyl sites for hydroxylation is 1. The molecule has 0 fully saturated rings. The molecule has 0 saturated carbocycles. The van der Waals surface area contributed by atoms with Crippen LogP contribution < -0.4 is 19.1 Å². The second kappa shape index (κ2) is 11.3. The van der Waals surface area contributed by atoms with Crippen molar-refractivity contribution < 1.29 is 33.8 Å². The molecular weight excluding hydrogens is 552 g/mol. The highest BCUT2D eigenvalue weighted by atomic mass is 32.3. The summed E-state index contributed by atoms with van der Waals surface area (Å²) in [4.78, 5) is 29.2. The fraction of sp³-hybridized carbons (Fsp3) is 0.379. The van der Waals surface area contributed by atoms with Crippen LogP contribution in [0.3, 0.4) is 0 Å². The molecular formula is C29H38N2O7S2. The average Bonchev–Trinajstić information content (AvgIpc) is 3.30. The molecule has 4 rings (SSSR count). The van der Waals surface area contributed by atoms with E-state index in [1.165, 1.54) is 18.4 Å².